The molecule has 1 saturated heterocycles. The Balaban J connectivity index is 1.68. The fourth-order valence-electron chi connectivity index (χ4n) is 2.16. The lowest BCUT2D eigenvalue weighted by molar-refractivity contribution is -0.169. The molecule has 3 rings (SSSR count). The summed E-state index contributed by atoms with van der Waals surface area (Å²) < 4.78 is 0. The molecule has 0 radical (unpaired) electrons. The topological polar surface area (TPSA) is 122 Å². The maximum absolute atomic E-state index is 12.0. The van der Waals surface area contributed by atoms with Crippen LogP contribution in [0.3, 0.4) is 0 Å². The molecule has 0 aliphatic carbocycles. The van der Waals surface area contributed by atoms with Crippen molar-refractivity contribution in [3.8, 4) is 0 Å². The molecule has 0 bridgehead atoms. The number of hydrogen-bond acceptors (Lipinski definition) is 6. The van der Waals surface area contributed by atoms with Crippen molar-refractivity contribution in [1.82, 2.24) is 15.7 Å². The molecule has 22 heavy (non-hydrogen) atoms. The van der Waals surface area contributed by atoms with E-state index in [9.17, 15) is 24.0 Å². The first kappa shape index (κ1) is 13.7. The van der Waals surface area contributed by atoms with Crippen LogP contribution in [0.4, 0.5) is 4.79 Å². The number of nitrogens with one attached hydrogen (secondary N) is 2. The van der Waals surface area contributed by atoms with Gasteiger partial charge in [-0.05, 0) is 12.1 Å². The van der Waals surface area contributed by atoms with E-state index in [0.717, 1.165) is 0 Å². The van der Waals surface area contributed by atoms with Crippen LogP contribution in [-0.2, 0) is 14.4 Å². The summed E-state index contributed by atoms with van der Waals surface area (Å²) in [6, 6.07) is 4.22. The Labute approximate surface area is 123 Å². The molecule has 2 N–H and O–H groups in total. The Hall–Kier alpha value is -3.23. The van der Waals surface area contributed by atoms with Gasteiger partial charge in [0.15, 0.2) is 0 Å². The lowest BCUT2D eigenvalue weighted by Gasteiger charge is -2.13. The summed E-state index contributed by atoms with van der Waals surface area (Å²) in [5, 5.41) is 4.51. The van der Waals surface area contributed by atoms with Crippen molar-refractivity contribution in [2.45, 2.75) is 12.5 Å². The highest BCUT2D eigenvalue weighted by molar-refractivity contribution is 6.20. The van der Waals surface area contributed by atoms with Gasteiger partial charge in [0.2, 0.25) is 0 Å². The third kappa shape index (κ3) is 2.18. The number of nitrogens with zero attached hydrogens (tertiary/aromatic N) is 1. The zero-order valence-electron chi connectivity index (χ0n) is 11.0. The number of fused-ring (bicyclic) bond motifs is 1. The zero-order valence-corrected chi connectivity index (χ0v) is 11.0. The molecule has 0 spiro atoms. The predicted molar refractivity (Wildman–Crippen MR) is 68.1 cm³/mol. The Morgan fingerprint density at radius 1 is 1.09 bits per heavy atom. The minimum atomic E-state index is -1.09. The average molecular weight is 303 g/mol. The quantitative estimate of drug-likeness (QED) is 0.564. The molecule has 9 heteroatoms. The van der Waals surface area contributed by atoms with Gasteiger partial charge in [-0.1, -0.05) is 17.2 Å². The second-order valence-electron chi connectivity index (χ2n) is 4.63. The molecule has 1 unspecified atom stereocenters. The van der Waals surface area contributed by atoms with E-state index in [-0.39, 0.29) is 11.1 Å². The summed E-state index contributed by atoms with van der Waals surface area (Å²) >= 11 is 0. The highest BCUT2D eigenvalue weighted by atomic mass is 16.7. The van der Waals surface area contributed by atoms with Crippen molar-refractivity contribution < 1.29 is 28.8 Å². The molecule has 1 atom stereocenters. The Morgan fingerprint density at radius 2 is 1.68 bits per heavy atom. The van der Waals surface area contributed by atoms with Crippen LogP contribution in [0.2, 0.25) is 0 Å². The fraction of sp³-hybridized carbons (Fsp3) is 0.154. The van der Waals surface area contributed by atoms with E-state index in [0.29, 0.717) is 5.06 Å². The monoisotopic (exact) mass is 303 g/mol. The number of urea groups is 1. The van der Waals surface area contributed by atoms with Gasteiger partial charge in [0.1, 0.15) is 6.04 Å². The molecule has 1 fully saturated rings. The summed E-state index contributed by atoms with van der Waals surface area (Å²) in [6.07, 6.45) is -0.495. The van der Waals surface area contributed by atoms with Crippen molar-refractivity contribution in [3.05, 3.63) is 35.4 Å². The van der Waals surface area contributed by atoms with Crippen LogP contribution in [0.15, 0.2) is 24.3 Å². The molecule has 0 aromatic heterocycles. The highest BCUT2D eigenvalue weighted by Crippen LogP contribution is 2.22. The third-order valence-electron chi connectivity index (χ3n) is 3.18. The molecule has 2 aliphatic heterocycles. The standard InChI is InChI=1S/C13H9N3O6/c17-9(5-8-10(18)15-13(21)14-8)22-16-11(19)6-3-1-2-4-7(6)12(16)20/h1-4,8H,5H2,(H2,14,15,18,21). The van der Waals surface area contributed by atoms with Crippen LogP contribution in [0.1, 0.15) is 27.1 Å². The van der Waals surface area contributed by atoms with Crippen LogP contribution in [0.25, 0.3) is 0 Å². The molecule has 112 valence electrons. The molecule has 2 heterocycles. The minimum absolute atomic E-state index is 0.132. The molecule has 1 aromatic rings. The van der Waals surface area contributed by atoms with Crippen molar-refractivity contribution in [1.29, 1.82) is 0 Å². The zero-order chi connectivity index (χ0) is 15.9. The molecule has 1 aromatic carbocycles. The van der Waals surface area contributed by atoms with E-state index in [1.54, 1.807) is 12.1 Å². The first-order chi connectivity index (χ1) is 10.5. The van der Waals surface area contributed by atoms with E-state index in [2.05, 4.69) is 5.32 Å². The number of rotatable bonds is 3. The van der Waals surface area contributed by atoms with Crippen LogP contribution in [-0.4, -0.2) is 40.8 Å². The van der Waals surface area contributed by atoms with Crippen LogP contribution in [0.5, 0.6) is 0 Å². The first-order valence-electron chi connectivity index (χ1n) is 6.27. The van der Waals surface area contributed by atoms with Gasteiger partial charge in [0, 0.05) is 0 Å². The minimum Gasteiger partial charge on any atom is -0.330 e. The van der Waals surface area contributed by atoms with E-state index >= 15 is 0 Å². The molecule has 0 saturated carbocycles. The maximum atomic E-state index is 12.0. The number of carbonyl (C=O) groups excluding carboxylic acids is 5. The van der Waals surface area contributed by atoms with E-state index in [1.165, 1.54) is 12.1 Å². The number of imide groups is 2. The largest absolute Gasteiger partial charge is 0.335 e. The van der Waals surface area contributed by atoms with Crippen LogP contribution >= 0.6 is 0 Å². The number of hydroxylamine groups is 2. The van der Waals surface area contributed by atoms with Gasteiger partial charge in [-0.3, -0.25) is 19.7 Å². The molecule has 5 amide bonds. The summed E-state index contributed by atoms with van der Waals surface area (Å²) in [4.78, 5) is 62.7. The first-order valence-corrected chi connectivity index (χ1v) is 6.27. The fourth-order valence-corrected chi connectivity index (χ4v) is 2.16. The van der Waals surface area contributed by atoms with Gasteiger partial charge in [0.25, 0.3) is 17.7 Å². The number of hydrogen-bond donors (Lipinski definition) is 2. The van der Waals surface area contributed by atoms with E-state index < -0.39 is 42.2 Å². The Morgan fingerprint density at radius 3 is 2.18 bits per heavy atom. The van der Waals surface area contributed by atoms with E-state index in [4.69, 9.17) is 4.84 Å². The summed E-state index contributed by atoms with van der Waals surface area (Å²) in [5.74, 6) is -3.18. The average Bonchev–Trinajstić information content (AvgIpc) is 2.91. The number of benzene rings is 1. The third-order valence-corrected chi connectivity index (χ3v) is 3.18. The molecule has 9 nitrogen and oxygen atoms in total. The smallest absolute Gasteiger partial charge is 0.330 e. The summed E-state index contributed by atoms with van der Waals surface area (Å²) in [6.45, 7) is 0. The van der Waals surface area contributed by atoms with Gasteiger partial charge in [-0.25, -0.2) is 9.59 Å². The summed E-state index contributed by atoms with van der Waals surface area (Å²) in [7, 11) is 0. The number of carbonyl (C=O) groups is 5. The SMILES string of the molecule is O=C1NC(=O)C(CC(=O)ON2C(=O)c3ccccc3C2=O)N1. The predicted octanol–water partition coefficient (Wildman–Crippen LogP) is -0.661. The second kappa shape index (κ2) is 4.95. The van der Waals surface area contributed by atoms with Crippen molar-refractivity contribution in [2.24, 2.45) is 0 Å². The molecule has 2 aliphatic rings. The van der Waals surface area contributed by atoms with Gasteiger partial charge in [-0.2, -0.15) is 0 Å². The van der Waals surface area contributed by atoms with Crippen molar-refractivity contribution in [3.63, 3.8) is 0 Å². The second-order valence-corrected chi connectivity index (χ2v) is 4.63. The van der Waals surface area contributed by atoms with Gasteiger partial charge < -0.3 is 10.2 Å². The lowest BCUT2D eigenvalue weighted by Crippen LogP contribution is -2.37. The molecular weight excluding hydrogens is 294 g/mol. The Kier molecular flexibility index (Phi) is 3.09. The van der Waals surface area contributed by atoms with Gasteiger partial charge >= 0.3 is 12.0 Å². The normalized spacial score (nSPS) is 19.8. The highest BCUT2D eigenvalue weighted by Gasteiger charge is 2.40. The van der Waals surface area contributed by atoms with Crippen molar-refractivity contribution >= 4 is 29.7 Å². The van der Waals surface area contributed by atoms with Crippen LogP contribution < -0.4 is 10.6 Å². The van der Waals surface area contributed by atoms with Crippen molar-refractivity contribution in [2.75, 3.05) is 0 Å². The van der Waals surface area contributed by atoms with Crippen LogP contribution in [0, 0.1) is 0 Å². The van der Waals surface area contributed by atoms with Gasteiger partial charge in [-0.15, -0.1) is 0 Å². The van der Waals surface area contributed by atoms with E-state index in [1.807, 2.05) is 5.32 Å². The lowest BCUT2D eigenvalue weighted by atomic mass is 10.1. The Bertz CT molecular complexity index is 693. The number of amides is 5. The maximum Gasteiger partial charge on any atom is 0.335 e. The molecular formula is C13H9N3O6. The summed E-state index contributed by atoms with van der Waals surface area (Å²) in [5.41, 5.74) is 0.263. The van der Waals surface area contributed by atoms with Gasteiger partial charge in [0.05, 0.1) is 17.5 Å².